The van der Waals surface area contributed by atoms with Crippen LogP contribution < -0.4 is 5.32 Å². The lowest BCUT2D eigenvalue weighted by Crippen LogP contribution is -2.32. The number of carbonyl (C=O) groups excluding carboxylic acids is 2. The van der Waals surface area contributed by atoms with Crippen molar-refractivity contribution in [1.29, 1.82) is 0 Å². The molecule has 0 saturated heterocycles. The Morgan fingerprint density at radius 2 is 1.65 bits per heavy atom. The number of non-ortho nitro benzene ring substituents is 1. The zero-order valence-corrected chi connectivity index (χ0v) is 20.7. The number of hydrogen-bond acceptors (Lipinski definition) is 7. The predicted molar refractivity (Wildman–Crippen MR) is 140 cm³/mol. The summed E-state index contributed by atoms with van der Waals surface area (Å²) in [5, 5.41) is 16.7. The van der Waals surface area contributed by atoms with Crippen LogP contribution in [0, 0.1) is 10.1 Å². The molecule has 0 bridgehead atoms. The summed E-state index contributed by atoms with van der Waals surface area (Å²) in [6.45, 7) is 3.39. The summed E-state index contributed by atoms with van der Waals surface area (Å²) in [5.74, 6) is -2.18. The van der Waals surface area contributed by atoms with Gasteiger partial charge in [0.25, 0.3) is 5.69 Å². The van der Waals surface area contributed by atoms with Gasteiger partial charge in [0.2, 0.25) is 0 Å². The molecule has 3 aromatic rings. The van der Waals surface area contributed by atoms with Crippen LogP contribution in [0.25, 0.3) is 16.8 Å². The second-order valence-electron chi connectivity index (χ2n) is 8.59. The lowest BCUT2D eigenvalue weighted by molar-refractivity contribution is -0.384. The minimum Gasteiger partial charge on any atom is -0.466 e. The van der Waals surface area contributed by atoms with Crippen LogP contribution in [0.5, 0.6) is 0 Å². The third-order valence-corrected chi connectivity index (χ3v) is 6.19. The van der Waals surface area contributed by atoms with Crippen molar-refractivity contribution in [2.75, 3.05) is 13.7 Å². The summed E-state index contributed by atoms with van der Waals surface area (Å²) >= 11 is 0. The molecular formula is C29H26N2O6. The standard InChI is InChI=1S/C29H26N2O6/c1-18-25(28(32)36-3)27(23-11-6-12-24(17-23)31(34)35)26(19(2)30-18)29(33)37-15-7-8-20-13-14-21-9-4-5-10-22(21)16-20/h4-14,16-17,27,30H,15H2,1-3H3. The number of hydrogen-bond donors (Lipinski definition) is 1. The van der Waals surface area contributed by atoms with Crippen molar-refractivity contribution in [2.24, 2.45) is 0 Å². The second kappa shape index (κ2) is 10.9. The molecule has 8 nitrogen and oxygen atoms in total. The summed E-state index contributed by atoms with van der Waals surface area (Å²) in [7, 11) is 1.24. The number of carbonyl (C=O) groups is 2. The van der Waals surface area contributed by atoms with Crippen LogP contribution in [0.3, 0.4) is 0 Å². The van der Waals surface area contributed by atoms with Crippen LogP contribution in [0.2, 0.25) is 0 Å². The Bertz CT molecular complexity index is 1480. The normalized spacial score (nSPS) is 15.6. The molecule has 3 aromatic carbocycles. The first-order chi connectivity index (χ1) is 17.8. The quantitative estimate of drug-likeness (QED) is 0.264. The van der Waals surface area contributed by atoms with Gasteiger partial charge in [0.05, 0.1) is 29.1 Å². The zero-order chi connectivity index (χ0) is 26.5. The fourth-order valence-electron chi connectivity index (χ4n) is 4.49. The maximum Gasteiger partial charge on any atom is 0.337 e. The molecule has 1 N–H and O–H groups in total. The molecule has 37 heavy (non-hydrogen) atoms. The number of fused-ring (bicyclic) bond motifs is 1. The van der Waals surface area contributed by atoms with E-state index in [0.29, 0.717) is 17.0 Å². The first-order valence-electron chi connectivity index (χ1n) is 11.6. The monoisotopic (exact) mass is 498 g/mol. The van der Waals surface area contributed by atoms with Gasteiger partial charge in [-0.1, -0.05) is 54.6 Å². The van der Waals surface area contributed by atoms with Gasteiger partial charge in [0, 0.05) is 23.5 Å². The molecule has 0 aliphatic carbocycles. The van der Waals surface area contributed by atoms with Gasteiger partial charge in [-0.15, -0.1) is 0 Å². The highest BCUT2D eigenvalue weighted by atomic mass is 16.6. The van der Waals surface area contributed by atoms with Crippen LogP contribution in [0.15, 0.2) is 95.3 Å². The minimum atomic E-state index is -0.898. The number of rotatable bonds is 7. The van der Waals surface area contributed by atoms with E-state index in [1.165, 1.54) is 25.3 Å². The van der Waals surface area contributed by atoms with E-state index < -0.39 is 22.8 Å². The van der Waals surface area contributed by atoms with Crippen LogP contribution in [0.1, 0.15) is 30.9 Å². The van der Waals surface area contributed by atoms with Crippen molar-refractivity contribution in [1.82, 2.24) is 5.32 Å². The van der Waals surface area contributed by atoms with Crippen molar-refractivity contribution >= 4 is 34.5 Å². The largest absolute Gasteiger partial charge is 0.466 e. The number of nitrogens with one attached hydrogen (secondary N) is 1. The molecule has 0 spiro atoms. The summed E-state index contributed by atoms with van der Waals surface area (Å²) in [6, 6.07) is 19.9. The van der Waals surface area contributed by atoms with E-state index in [2.05, 4.69) is 5.32 Å². The molecule has 1 heterocycles. The Morgan fingerprint density at radius 1 is 0.946 bits per heavy atom. The van der Waals surface area contributed by atoms with Crippen LogP contribution >= 0.6 is 0 Å². The molecule has 4 rings (SSSR count). The number of nitro benzene ring substituents is 1. The number of methoxy groups -OCH3 is 1. The van der Waals surface area contributed by atoms with Crippen LogP contribution in [-0.2, 0) is 19.1 Å². The first kappa shape index (κ1) is 25.4. The molecule has 0 aromatic heterocycles. The van der Waals surface area contributed by atoms with Crippen molar-refractivity contribution in [3.63, 3.8) is 0 Å². The van der Waals surface area contributed by atoms with Gasteiger partial charge in [-0.3, -0.25) is 10.1 Å². The van der Waals surface area contributed by atoms with Gasteiger partial charge >= 0.3 is 11.9 Å². The van der Waals surface area contributed by atoms with E-state index in [9.17, 15) is 19.7 Å². The molecule has 0 fully saturated rings. The number of nitrogens with zero attached hydrogens (tertiary/aromatic N) is 1. The summed E-state index contributed by atoms with van der Waals surface area (Å²) in [5.41, 5.74) is 2.58. The fourth-order valence-corrected chi connectivity index (χ4v) is 4.49. The van der Waals surface area contributed by atoms with Crippen molar-refractivity contribution in [3.8, 4) is 0 Å². The summed E-state index contributed by atoms with van der Waals surface area (Å²) < 4.78 is 10.5. The molecule has 0 radical (unpaired) electrons. The molecule has 0 saturated carbocycles. The van der Waals surface area contributed by atoms with E-state index >= 15 is 0 Å². The van der Waals surface area contributed by atoms with Crippen LogP contribution in [0.4, 0.5) is 5.69 Å². The van der Waals surface area contributed by atoms with Gasteiger partial charge in [-0.2, -0.15) is 0 Å². The van der Waals surface area contributed by atoms with E-state index in [1.807, 2.05) is 48.5 Å². The topological polar surface area (TPSA) is 108 Å². The number of nitro groups is 1. The number of ether oxygens (including phenoxy) is 2. The van der Waals surface area contributed by atoms with Gasteiger partial charge in [-0.25, -0.2) is 9.59 Å². The lowest BCUT2D eigenvalue weighted by Gasteiger charge is -2.30. The third-order valence-electron chi connectivity index (χ3n) is 6.19. The molecular weight excluding hydrogens is 472 g/mol. The maximum absolute atomic E-state index is 13.3. The van der Waals surface area contributed by atoms with E-state index in [0.717, 1.165) is 16.3 Å². The fraction of sp³-hybridized carbons (Fsp3) is 0.172. The van der Waals surface area contributed by atoms with Gasteiger partial charge in [0.15, 0.2) is 0 Å². The maximum atomic E-state index is 13.3. The Balaban J connectivity index is 1.60. The Morgan fingerprint density at radius 3 is 2.35 bits per heavy atom. The Kier molecular flexibility index (Phi) is 7.48. The zero-order valence-electron chi connectivity index (χ0n) is 20.7. The molecule has 1 atom stereocenters. The van der Waals surface area contributed by atoms with Gasteiger partial charge in [0.1, 0.15) is 6.61 Å². The smallest absolute Gasteiger partial charge is 0.337 e. The first-order valence-corrected chi connectivity index (χ1v) is 11.6. The molecule has 188 valence electrons. The minimum absolute atomic E-state index is 0.000349. The predicted octanol–water partition coefficient (Wildman–Crippen LogP) is 5.41. The molecule has 8 heteroatoms. The average molecular weight is 499 g/mol. The SMILES string of the molecule is COC(=O)C1=C(C)NC(C)=C(C(=O)OCC=Cc2ccc3ccccc3c2)C1c1cccc([N+](=O)[O-])c1. The number of benzene rings is 3. The Labute approximate surface area is 214 Å². The molecule has 1 unspecified atom stereocenters. The van der Waals surface area contributed by atoms with E-state index in [1.54, 1.807) is 26.0 Å². The van der Waals surface area contributed by atoms with Crippen molar-refractivity contribution in [2.45, 2.75) is 19.8 Å². The number of allylic oxidation sites excluding steroid dienone is 2. The van der Waals surface area contributed by atoms with Crippen molar-refractivity contribution < 1.29 is 24.0 Å². The highest BCUT2D eigenvalue weighted by molar-refractivity contribution is 6.00. The Hall–Kier alpha value is -4.72. The second-order valence-corrected chi connectivity index (χ2v) is 8.59. The van der Waals surface area contributed by atoms with Crippen molar-refractivity contribution in [3.05, 3.63) is 117 Å². The third kappa shape index (κ3) is 5.43. The molecule has 0 amide bonds. The lowest BCUT2D eigenvalue weighted by atomic mass is 9.80. The van der Waals surface area contributed by atoms with Gasteiger partial charge in [-0.05, 0) is 47.9 Å². The van der Waals surface area contributed by atoms with Crippen LogP contribution in [-0.4, -0.2) is 30.6 Å². The average Bonchev–Trinajstić information content (AvgIpc) is 2.90. The summed E-state index contributed by atoms with van der Waals surface area (Å²) in [6.07, 6.45) is 3.60. The summed E-state index contributed by atoms with van der Waals surface area (Å²) in [4.78, 5) is 36.9. The highest BCUT2D eigenvalue weighted by Gasteiger charge is 2.38. The van der Waals surface area contributed by atoms with E-state index in [-0.39, 0.29) is 23.4 Å². The number of dihydropyridines is 1. The van der Waals surface area contributed by atoms with E-state index in [4.69, 9.17) is 9.47 Å². The molecule has 1 aliphatic rings. The van der Waals surface area contributed by atoms with Gasteiger partial charge < -0.3 is 14.8 Å². The number of esters is 2. The highest BCUT2D eigenvalue weighted by Crippen LogP contribution is 2.40. The molecule has 1 aliphatic heterocycles.